The monoisotopic (exact) mass is 191 g/mol. The summed E-state index contributed by atoms with van der Waals surface area (Å²) in [5, 5.41) is 17.5. The van der Waals surface area contributed by atoms with Crippen molar-refractivity contribution in [1.29, 1.82) is 0 Å². The molecule has 3 N–H and O–H groups in total. The number of rotatable bonds is 2. The average Bonchev–Trinajstić information content (AvgIpc) is 2.09. The summed E-state index contributed by atoms with van der Waals surface area (Å²) in [6, 6.07) is 0.596. The van der Waals surface area contributed by atoms with Crippen LogP contribution in [0, 0.1) is 0 Å². The van der Waals surface area contributed by atoms with E-state index in [0.717, 1.165) is 0 Å². The molecule has 0 aromatic carbocycles. The van der Waals surface area contributed by atoms with E-state index in [0.29, 0.717) is 6.07 Å². The van der Waals surface area contributed by atoms with Crippen molar-refractivity contribution in [3.63, 3.8) is 0 Å². The first kappa shape index (κ1) is 9.66. The van der Waals surface area contributed by atoms with Gasteiger partial charge >= 0.3 is 0 Å². The number of halogens is 2. The zero-order chi connectivity index (χ0) is 10.0. The van der Waals surface area contributed by atoms with Crippen LogP contribution >= 0.6 is 0 Å². The molecule has 0 saturated heterocycles. The highest BCUT2D eigenvalue weighted by molar-refractivity contribution is 5.27. The maximum absolute atomic E-state index is 12.1. The van der Waals surface area contributed by atoms with Gasteiger partial charge in [-0.25, -0.2) is 8.78 Å². The van der Waals surface area contributed by atoms with E-state index in [4.69, 9.17) is 10.2 Å². The molecule has 0 spiro atoms. The predicted molar refractivity (Wildman–Crippen MR) is 39.6 cm³/mol. The van der Waals surface area contributed by atoms with E-state index in [2.05, 4.69) is 4.98 Å². The summed E-state index contributed by atoms with van der Waals surface area (Å²) in [6.07, 6.45) is -2.83. The molecule has 0 unspecified atom stereocenters. The van der Waals surface area contributed by atoms with Crippen molar-refractivity contribution in [2.24, 2.45) is 0 Å². The Morgan fingerprint density at radius 1 is 1.54 bits per heavy atom. The standard InChI is InChI=1S/C7H7F2NO3/c8-7(9)3-1-5(12)6(13)4(2-11)10-3/h1,7,11,13H,2H2,(H,10,12). The number of alkyl halides is 2. The lowest BCUT2D eigenvalue weighted by Crippen LogP contribution is -2.08. The largest absolute Gasteiger partial charge is 0.503 e. The fourth-order valence-electron chi connectivity index (χ4n) is 0.860. The van der Waals surface area contributed by atoms with Crippen LogP contribution < -0.4 is 5.43 Å². The van der Waals surface area contributed by atoms with Gasteiger partial charge in [-0.05, 0) is 0 Å². The van der Waals surface area contributed by atoms with E-state index in [1.54, 1.807) is 0 Å². The Hall–Kier alpha value is -1.43. The number of hydrogen-bond donors (Lipinski definition) is 3. The Kier molecular flexibility index (Phi) is 2.62. The second-order valence-electron chi connectivity index (χ2n) is 2.37. The van der Waals surface area contributed by atoms with Crippen LogP contribution in [0.5, 0.6) is 5.75 Å². The lowest BCUT2D eigenvalue weighted by molar-refractivity contribution is 0.144. The molecule has 0 atom stereocenters. The van der Waals surface area contributed by atoms with Crippen molar-refractivity contribution >= 4 is 0 Å². The zero-order valence-electron chi connectivity index (χ0n) is 6.42. The Labute approximate surface area is 71.5 Å². The van der Waals surface area contributed by atoms with Gasteiger partial charge in [-0.3, -0.25) is 4.79 Å². The van der Waals surface area contributed by atoms with Crippen LogP contribution in [-0.4, -0.2) is 15.2 Å². The highest BCUT2D eigenvalue weighted by atomic mass is 19.3. The summed E-state index contributed by atoms with van der Waals surface area (Å²) in [5.74, 6) is -0.730. The minimum Gasteiger partial charge on any atom is -0.503 e. The van der Waals surface area contributed by atoms with Crippen molar-refractivity contribution in [3.05, 3.63) is 27.7 Å². The number of aliphatic hydroxyl groups excluding tert-OH is 1. The molecule has 0 saturated carbocycles. The summed E-state index contributed by atoms with van der Waals surface area (Å²) in [6.45, 7) is -0.693. The first-order valence-corrected chi connectivity index (χ1v) is 3.40. The van der Waals surface area contributed by atoms with Crippen molar-refractivity contribution in [3.8, 4) is 5.75 Å². The van der Waals surface area contributed by atoms with Crippen LogP contribution in [0.15, 0.2) is 10.9 Å². The van der Waals surface area contributed by atoms with Gasteiger partial charge in [-0.2, -0.15) is 0 Å². The molecular weight excluding hydrogens is 184 g/mol. The highest BCUT2D eigenvalue weighted by Gasteiger charge is 2.13. The van der Waals surface area contributed by atoms with E-state index >= 15 is 0 Å². The van der Waals surface area contributed by atoms with Gasteiger partial charge in [0.25, 0.3) is 6.43 Å². The average molecular weight is 191 g/mol. The van der Waals surface area contributed by atoms with Gasteiger partial charge in [0.1, 0.15) is 0 Å². The Morgan fingerprint density at radius 2 is 2.15 bits per heavy atom. The first-order chi connectivity index (χ1) is 6.06. The fourth-order valence-corrected chi connectivity index (χ4v) is 0.860. The number of nitrogens with one attached hydrogen (secondary N) is 1. The summed E-state index contributed by atoms with van der Waals surface area (Å²) in [4.78, 5) is 12.9. The molecule has 0 bridgehead atoms. The number of pyridine rings is 1. The zero-order valence-corrected chi connectivity index (χ0v) is 6.42. The maximum atomic E-state index is 12.1. The van der Waals surface area contributed by atoms with Crippen LogP contribution in [0.4, 0.5) is 8.78 Å². The quantitative estimate of drug-likeness (QED) is 0.637. The van der Waals surface area contributed by atoms with Gasteiger partial charge in [0.15, 0.2) is 5.75 Å². The predicted octanol–water partition coefficient (Wildman–Crippen LogP) is 0.510. The number of aromatic hydroxyl groups is 1. The Balaban J connectivity index is 3.31. The molecule has 72 valence electrons. The molecule has 1 aromatic heterocycles. The van der Waals surface area contributed by atoms with Crippen LogP contribution in [0.25, 0.3) is 0 Å². The molecule has 13 heavy (non-hydrogen) atoms. The van der Waals surface area contributed by atoms with Crippen molar-refractivity contribution in [2.45, 2.75) is 13.0 Å². The van der Waals surface area contributed by atoms with E-state index in [1.807, 2.05) is 0 Å². The third kappa shape index (κ3) is 1.83. The molecule has 1 rings (SSSR count). The van der Waals surface area contributed by atoms with E-state index < -0.39 is 29.9 Å². The molecule has 0 fully saturated rings. The first-order valence-electron chi connectivity index (χ1n) is 3.40. The third-order valence-electron chi connectivity index (χ3n) is 1.49. The lowest BCUT2D eigenvalue weighted by atomic mass is 10.3. The second kappa shape index (κ2) is 3.53. The molecule has 0 aliphatic carbocycles. The summed E-state index contributed by atoms with van der Waals surface area (Å²) < 4.78 is 24.1. The molecule has 1 heterocycles. The lowest BCUT2D eigenvalue weighted by Gasteiger charge is -2.04. The minimum atomic E-state index is -2.83. The minimum absolute atomic E-state index is 0.303. The topological polar surface area (TPSA) is 73.3 Å². The van der Waals surface area contributed by atoms with Gasteiger partial charge in [0.05, 0.1) is 18.0 Å². The SMILES string of the molecule is O=c1cc(C(F)F)[nH]c(CO)c1O. The second-order valence-corrected chi connectivity index (χ2v) is 2.37. The molecule has 0 aliphatic heterocycles. The molecule has 0 radical (unpaired) electrons. The van der Waals surface area contributed by atoms with Crippen LogP contribution in [0.1, 0.15) is 17.8 Å². The van der Waals surface area contributed by atoms with E-state index in [9.17, 15) is 13.6 Å². The van der Waals surface area contributed by atoms with Crippen molar-refractivity contribution < 1.29 is 19.0 Å². The summed E-state index contributed by atoms with van der Waals surface area (Å²) >= 11 is 0. The molecule has 0 aliphatic rings. The number of aromatic nitrogens is 1. The van der Waals surface area contributed by atoms with Gasteiger partial charge in [-0.1, -0.05) is 0 Å². The fraction of sp³-hybridized carbons (Fsp3) is 0.286. The van der Waals surface area contributed by atoms with Crippen LogP contribution in [-0.2, 0) is 6.61 Å². The third-order valence-corrected chi connectivity index (χ3v) is 1.49. The number of aliphatic hydroxyl groups is 1. The Morgan fingerprint density at radius 3 is 2.62 bits per heavy atom. The van der Waals surface area contributed by atoms with Crippen LogP contribution in [0.3, 0.4) is 0 Å². The van der Waals surface area contributed by atoms with Gasteiger partial charge in [-0.15, -0.1) is 0 Å². The van der Waals surface area contributed by atoms with Crippen LogP contribution in [0.2, 0.25) is 0 Å². The maximum Gasteiger partial charge on any atom is 0.278 e. The molecule has 1 aromatic rings. The van der Waals surface area contributed by atoms with Gasteiger partial charge in [0, 0.05) is 6.07 Å². The summed E-state index contributed by atoms with van der Waals surface area (Å²) in [7, 11) is 0. The van der Waals surface area contributed by atoms with E-state index in [1.165, 1.54) is 0 Å². The normalized spacial score (nSPS) is 10.8. The summed E-state index contributed by atoms with van der Waals surface area (Å²) in [5.41, 5.74) is -1.85. The van der Waals surface area contributed by atoms with Gasteiger partial charge < -0.3 is 15.2 Å². The molecule has 6 heteroatoms. The number of hydrogen-bond acceptors (Lipinski definition) is 3. The smallest absolute Gasteiger partial charge is 0.278 e. The molecule has 0 amide bonds. The van der Waals surface area contributed by atoms with E-state index in [-0.39, 0.29) is 5.69 Å². The Bertz CT molecular complexity index is 361. The molecular formula is C7H7F2NO3. The molecule has 4 nitrogen and oxygen atoms in total. The highest BCUT2D eigenvalue weighted by Crippen LogP contribution is 2.17. The number of aromatic amines is 1. The number of H-pyrrole nitrogens is 1. The van der Waals surface area contributed by atoms with Crippen molar-refractivity contribution in [2.75, 3.05) is 0 Å². The van der Waals surface area contributed by atoms with Crippen molar-refractivity contribution in [1.82, 2.24) is 4.98 Å². The van der Waals surface area contributed by atoms with Gasteiger partial charge in [0.2, 0.25) is 5.43 Å².